The highest BCUT2D eigenvalue weighted by atomic mass is 35.5. The highest BCUT2D eigenvalue weighted by molar-refractivity contribution is 7.07. The van der Waals surface area contributed by atoms with Crippen molar-refractivity contribution in [2.75, 3.05) is 13.1 Å². The summed E-state index contributed by atoms with van der Waals surface area (Å²) in [5.41, 5.74) is 2.89. The third kappa shape index (κ3) is 7.83. The minimum atomic E-state index is -0.328. The standard InChI is InChI=1S/C24H25Cl2N5O2S/c1-16(23(33)29-13-11-18-4-8-20(26)9-5-18)30-31-21(15-34-24(31)27)14-22(32)28-12-10-17-2-6-19(25)7-3-17/h2-9,15,27H,10-14H2,1H3,(H,28,32)(H,29,33)/b27-24?,30-16-. The van der Waals surface area contributed by atoms with Gasteiger partial charge < -0.3 is 10.6 Å². The molecule has 0 fully saturated rings. The number of nitrogens with zero attached hydrogens (tertiary/aromatic N) is 2. The third-order valence-corrected chi connectivity index (χ3v) is 6.24. The second-order valence-electron chi connectivity index (χ2n) is 7.56. The van der Waals surface area contributed by atoms with Crippen LogP contribution in [0.5, 0.6) is 0 Å². The predicted molar refractivity (Wildman–Crippen MR) is 137 cm³/mol. The molecule has 34 heavy (non-hydrogen) atoms. The van der Waals surface area contributed by atoms with E-state index >= 15 is 0 Å². The average molecular weight is 518 g/mol. The van der Waals surface area contributed by atoms with Crippen LogP contribution in [0, 0.1) is 5.41 Å². The summed E-state index contributed by atoms with van der Waals surface area (Å²) in [6.07, 6.45) is 1.40. The lowest BCUT2D eigenvalue weighted by Gasteiger charge is -2.08. The summed E-state index contributed by atoms with van der Waals surface area (Å²) < 4.78 is 1.33. The van der Waals surface area contributed by atoms with Gasteiger partial charge in [-0.15, -0.1) is 11.3 Å². The highest BCUT2D eigenvalue weighted by Gasteiger charge is 2.12. The van der Waals surface area contributed by atoms with Gasteiger partial charge in [-0.2, -0.15) is 5.10 Å². The van der Waals surface area contributed by atoms with Crippen LogP contribution in [0.2, 0.25) is 10.0 Å². The van der Waals surface area contributed by atoms with Gasteiger partial charge in [0.1, 0.15) is 5.71 Å². The molecule has 3 aromatic rings. The van der Waals surface area contributed by atoms with Gasteiger partial charge in [-0.25, -0.2) is 4.68 Å². The van der Waals surface area contributed by atoms with Crippen molar-refractivity contribution in [3.63, 3.8) is 0 Å². The van der Waals surface area contributed by atoms with Crippen LogP contribution >= 0.6 is 34.5 Å². The first-order valence-corrected chi connectivity index (χ1v) is 12.3. The van der Waals surface area contributed by atoms with Gasteiger partial charge in [0, 0.05) is 28.5 Å². The third-order valence-electron chi connectivity index (χ3n) is 4.95. The van der Waals surface area contributed by atoms with Gasteiger partial charge in [-0.3, -0.25) is 15.0 Å². The van der Waals surface area contributed by atoms with Gasteiger partial charge in [0.2, 0.25) is 10.7 Å². The molecule has 0 aliphatic carbocycles. The summed E-state index contributed by atoms with van der Waals surface area (Å²) >= 11 is 12.9. The zero-order valence-corrected chi connectivity index (χ0v) is 20.9. The van der Waals surface area contributed by atoms with Gasteiger partial charge in [-0.1, -0.05) is 47.5 Å². The first kappa shape index (κ1) is 25.7. The second-order valence-corrected chi connectivity index (χ2v) is 9.30. The van der Waals surface area contributed by atoms with Crippen LogP contribution in [0.4, 0.5) is 0 Å². The zero-order valence-electron chi connectivity index (χ0n) is 18.6. The van der Waals surface area contributed by atoms with Crippen molar-refractivity contribution in [1.82, 2.24) is 15.3 Å². The fourth-order valence-corrected chi connectivity index (χ4v) is 4.04. The molecular formula is C24H25Cl2N5O2S. The highest BCUT2D eigenvalue weighted by Crippen LogP contribution is 2.10. The Morgan fingerprint density at radius 2 is 1.47 bits per heavy atom. The maximum atomic E-state index is 12.4. The van der Waals surface area contributed by atoms with Crippen LogP contribution in [0.25, 0.3) is 0 Å². The molecule has 178 valence electrons. The van der Waals surface area contributed by atoms with Gasteiger partial charge >= 0.3 is 0 Å². The lowest BCUT2D eigenvalue weighted by molar-refractivity contribution is -0.120. The molecular weight excluding hydrogens is 493 g/mol. The number of halogens is 2. The number of nitrogens with one attached hydrogen (secondary N) is 3. The topological polar surface area (TPSA) is 99.3 Å². The summed E-state index contributed by atoms with van der Waals surface area (Å²) in [6, 6.07) is 14.9. The number of aromatic nitrogens is 1. The number of rotatable bonds is 10. The minimum Gasteiger partial charge on any atom is -0.355 e. The summed E-state index contributed by atoms with van der Waals surface area (Å²) in [6.45, 7) is 2.51. The van der Waals surface area contributed by atoms with Crippen LogP contribution in [-0.4, -0.2) is 35.3 Å². The van der Waals surface area contributed by atoms with Gasteiger partial charge in [0.05, 0.1) is 12.1 Å². The molecule has 0 bridgehead atoms. The predicted octanol–water partition coefficient (Wildman–Crippen LogP) is 3.82. The molecule has 0 aliphatic rings. The summed E-state index contributed by atoms with van der Waals surface area (Å²) in [4.78, 5) is 25.0. The Labute approximate surface area is 211 Å². The van der Waals surface area contributed by atoms with Crippen LogP contribution in [0.3, 0.4) is 0 Å². The largest absolute Gasteiger partial charge is 0.355 e. The van der Waals surface area contributed by atoms with Crippen LogP contribution in [0.15, 0.2) is 59.0 Å². The monoisotopic (exact) mass is 517 g/mol. The second kappa shape index (κ2) is 12.5. The smallest absolute Gasteiger partial charge is 0.267 e. The van der Waals surface area contributed by atoms with E-state index in [9.17, 15) is 9.59 Å². The van der Waals surface area contributed by atoms with Crippen LogP contribution < -0.4 is 15.4 Å². The maximum Gasteiger partial charge on any atom is 0.267 e. The lowest BCUT2D eigenvalue weighted by atomic mass is 10.1. The quantitative estimate of drug-likeness (QED) is 0.356. The molecule has 10 heteroatoms. The number of thiazole rings is 1. The molecule has 0 radical (unpaired) electrons. The van der Waals surface area contributed by atoms with E-state index in [-0.39, 0.29) is 28.7 Å². The van der Waals surface area contributed by atoms with Crippen molar-refractivity contribution in [3.05, 3.63) is 85.6 Å². The number of hydrogen-bond acceptors (Lipinski definition) is 5. The molecule has 3 rings (SSSR count). The lowest BCUT2D eigenvalue weighted by Crippen LogP contribution is -2.32. The SMILES string of the molecule is C/C(=N/n1c(CC(=O)NCCc2ccc(Cl)cc2)csc1=N)C(=O)NCCc1ccc(Cl)cc1. The minimum absolute atomic E-state index is 0.0605. The molecule has 0 atom stereocenters. The number of hydrogen-bond donors (Lipinski definition) is 3. The Kier molecular flexibility index (Phi) is 9.44. The van der Waals surface area contributed by atoms with Crippen molar-refractivity contribution in [1.29, 1.82) is 5.41 Å². The summed E-state index contributed by atoms with van der Waals surface area (Å²) in [7, 11) is 0. The van der Waals surface area contributed by atoms with E-state index in [0.717, 1.165) is 22.5 Å². The normalized spacial score (nSPS) is 11.3. The molecule has 0 spiro atoms. The van der Waals surface area contributed by atoms with Gasteiger partial charge in [0.25, 0.3) is 5.91 Å². The fourth-order valence-electron chi connectivity index (χ4n) is 3.10. The van der Waals surface area contributed by atoms with E-state index < -0.39 is 0 Å². The van der Waals surface area contributed by atoms with Crippen molar-refractivity contribution in [2.45, 2.75) is 26.2 Å². The zero-order chi connectivity index (χ0) is 24.5. The maximum absolute atomic E-state index is 12.4. The van der Waals surface area contributed by atoms with Crippen molar-refractivity contribution >= 4 is 52.1 Å². The number of benzene rings is 2. The number of carbonyl (C=O) groups excluding carboxylic acids is 2. The molecule has 3 N–H and O–H groups in total. The molecule has 0 saturated carbocycles. The van der Waals surface area contributed by atoms with Crippen LogP contribution in [-0.2, 0) is 28.9 Å². The van der Waals surface area contributed by atoms with Gasteiger partial charge in [-0.05, 0) is 55.2 Å². The molecule has 0 aliphatic heterocycles. The fraction of sp³-hybridized carbons (Fsp3) is 0.250. The van der Waals surface area contributed by atoms with E-state index in [1.807, 2.05) is 48.5 Å². The molecule has 7 nitrogen and oxygen atoms in total. The first-order valence-electron chi connectivity index (χ1n) is 10.6. The van der Waals surface area contributed by atoms with E-state index in [4.69, 9.17) is 28.6 Å². The molecule has 0 saturated heterocycles. The Morgan fingerprint density at radius 1 is 0.941 bits per heavy atom. The Balaban J connectivity index is 1.52. The molecule has 2 amide bonds. The van der Waals surface area contributed by atoms with Crippen molar-refractivity contribution in [2.24, 2.45) is 5.10 Å². The molecule has 1 aromatic heterocycles. The van der Waals surface area contributed by atoms with Crippen molar-refractivity contribution in [3.8, 4) is 0 Å². The van der Waals surface area contributed by atoms with E-state index in [1.54, 1.807) is 12.3 Å². The van der Waals surface area contributed by atoms with E-state index in [0.29, 0.717) is 41.7 Å². The molecule has 1 heterocycles. The summed E-state index contributed by atoms with van der Waals surface area (Å²) in [5, 5.41) is 21.1. The van der Waals surface area contributed by atoms with E-state index in [2.05, 4.69) is 15.7 Å². The summed E-state index contributed by atoms with van der Waals surface area (Å²) in [5.74, 6) is -0.508. The van der Waals surface area contributed by atoms with Gasteiger partial charge in [0.15, 0.2) is 0 Å². The Bertz CT molecular complexity index is 1220. The van der Waals surface area contributed by atoms with E-state index in [1.165, 1.54) is 4.68 Å². The Hall–Kier alpha value is -2.94. The van der Waals surface area contributed by atoms with Crippen molar-refractivity contribution < 1.29 is 9.59 Å². The van der Waals surface area contributed by atoms with Crippen LogP contribution in [0.1, 0.15) is 23.7 Å². The average Bonchev–Trinajstić information content (AvgIpc) is 3.15. The Morgan fingerprint density at radius 3 is 2.03 bits per heavy atom. The first-order chi connectivity index (χ1) is 16.3. The number of amides is 2. The molecule has 0 unspecified atom stereocenters. The molecule has 2 aromatic carbocycles. The number of carbonyl (C=O) groups is 2.